The molecule has 0 fully saturated rings. The third-order valence-electron chi connectivity index (χ3n) is 3.86. The van der Waals surface area contributed by atoms with Crippen molar-refractivity contribution in [3.63, 3.8) is 0 Å². The zero-order valence-electron chi connectivity index (χ0n) is 13.3. The highest BCUT2D eigenvalue weighted by Crippen LogP contribution is 2.14. The fourth-order valence-electron chi connectivity index (χ4n) is 2.36. The number of nitrogens with one attached hydrogen (secondary N) is 1. The first kappa shape index (κ1) is 16.2. The molecular formula is C19H24N2O. The Hall–Kier alpha value is -2.13. The quantitative estimate of drug-likeness (QED) is 0.861. The average molecular weight is 296 g/mol. The second kappa shape index (κ2) is 7.76. The number of amides is 1. The van der Waals surface area contributed by atoms with Gasteiger partial charge in [0.05, 0.1) is 6.04 Å². The van der Waals surface area contributed by atoms with Gasteiger partial charge >= 0.3 is 0 Å². The summed E-state index contributed by atoms with van der Waals surface area (Å²) in [6, 6.07) is 17.7. The Morgan fingerprint density at radius 2 is 1.73 bits per heavy atom. The summed E-state index contributed by atoms with van der Waals surface area (Å²) in [5.41, 5.74) is 9.53. The maximum Gasteiger partial charge on any atom is 0.237 e. The first-order valence-electron chi connectivity index (χ1n) is 7.70. The molecule has 0 radical (unpaired) electrons. The van der Waals surface area contributed by atoms with Gasteiger partial charge in [0.25, 0.3) is 0 Å². The van der Waals surface area contributed by atoms with Crippen molar-refractivity contribution in [1.29, 1.82) is 0 Å². The van der Waals surface area contributed by atoms with Gasteiger partial charge in [-0.3, -0.25) is 4.79 Å². The summed E-state index contributed by atoms with van der Waals surface area (Å²) < 4.78 is 0. The molecule has 3 nitrogen and oxygen atoms in total. The average Bonchev–Trinajstić information content (AvgIpc) is 2.53. The number of rotatable bonds is 6. The number of carbonyl (C=O) groups is 1. The van der Waals surface area contributed by atoms with Crippen molar-refractivity contribution >= 4 is 5.91 Å². The van der Waals surface area contributed by atoms with Crippen LogP contribution in [0.15, 0.2) is 54.6 Å². The van der Waals surface area contributed by atoms with E-state index in [1.807, 2.05) is 30.3 Å². The van der Waals surface area contributed by atoms with Crippen molar-refractivity contribution in [3.05, 3.63) is 71.3 Å². The van der Waals surface area contributed by atoms with Crippen LogP contribution in [0.5, 0.6) is 0 Å². The monoisotopic (exact) mass is 296 g/mol. The van der Waals surface area contributed by atoms with E-state index in [0.29, 0.717) is 13.0 Å². The van der Waals surface area contributed by atoms with E-state index in [9.17, 15) is 4.79 Å². The van der Waals surface area contributed by atoms with Gasteiger partial charge in [0.1, 0.15) is 0 Å². The lowest BCUT2D eigenvalue weighted by Crippen LogP contribution is -2.43. The lowest BCUT2D eigenvalue weighted by molar-refractivity contribution is -0.122. The topological polar surface area (TPSA) is 55.1 Å². The fraction of sp³-hybridized carbons (Fsp3) is 0.316. The molecule has 2 aromatic rings. The van der Waals surface area contributed by atoms with E-state index in [2.05, 4.69) is 43.4 Å². The van der Waals surface area contributed by atoms with Gasteiger partial charge in [-0.05, 0) is 30.4 Å². The molecule has 0 aliphatic rings. The second-order valence-corrected chi connectivity index (χ2v) is 5.85. The molecule has 0 aromatic heterocycles. The molecule has 3 N–H and O–H groups in total. The van der Waals surface area contributed by atoms with Gasteiger partial charge < -0.3 is 11.1 Å². The largest absolute Gasteiger partial charge is 0.354 e. The molecule has 0 spiro atoms. The van der Waals surface area contributed by atoms with Crippen molar-refractivity contribution < 1.29 is 4.79 Å². The van der Waals surface area contributed by atoms with Crippen LogP contribution in [-0.2, 0) is 11.2 Å². The molecule has 0 heterocycles. The van der Waals surface area contributed by atoms with Crippen LogP contribution in [0.4, 0.5) is 0 Å². The van der Waals surface area contributed by atoms with Gasteiger partial charge in [0, 0.05) is 6.54 Å². The van der Waals surface area contributed by atoms with E-state index < -0.39 is 6.04 Å². The molecule has 1 unspecified atom stereocenters. The van der Waals surface area contributed by atoms with Crippen molar-refractivity contribution in [2.24, 2.45) is 5.73 Å². The summed E-state index contributed by atoms with van der Waals surface area (Å²) >= 11 is 0. The maximum atomic E-state index is 12.1. The van der Waals surface area contributed by atoms with E-state index >= 15 is 0 Å². The SMILES string of the molecule is Cc1ccc(C(C)CNC(=O)[C@@H](N)Cc2ccccc2)cc1. The number of hydrogen-bond acceptors (Lipinski definition) is 2. The Morgan fingerprint density at radius 1 is 1.09 bits per heavy atom. The molecule has 2 aromatic carbocycles. The van der Waals surface area contributed by atoms with Gasteiger partial charge in [-0.15, -0.1) is 0 Å². The summed E-state index contributed by atoms with van der Waals surface area (Å²) in [7, 11) is 0. The fourth-order valence-corrected chi connectivity index (χ4v) is 2.36. The second-order valence-electron chi connectivity index (χ2n) is 5.85. The molecule has 22 heavy (non-hydrogen) atoms. The minimum Gasteiger partial charge on any atom is -0.354 e. The molecular weight excluding hydrogens is 272 g/mol. The van der Waals surface area contributed by atoms with E-state index in [1.54, 1.807) is 0 Å². The highest BCUT2D eigenvalue weighted by atomic mass is 16.2. The lowest BCUT2D eigenvalue weighted by atomic mass is 9.99. The summed E-state index contributed by atoms with van der Waals surface area (Å²) in [4.78, 5) is 12.1. The third-order valence-corrected chi connectivity index (χ3v) is 3.86. The Morgan fingerprint density at radius 3 is 2.36 bits per heavy atom. The Kier molecular flexibility index (Phi) is 5.73. The minimum absolute atomic E-state index is 0.0946. The van der Waals surface area contributed by atoms with Crippen molar-refractivity contribution in [2.45, 2.75) is 32.2 Å². The van der Waals surface area contributed by atoms with E-state index in [1.165, 1.54) is 11.1 Å². The van der Waals surface area contributed by atoms with Crippen LogP contribution in [0.3, 0.4) is 0 Å². The molecule has 1 amide bonds. The van der Waals surface area contributed by atoms with Crippen LogP contribution >= 0.6 is 0 Å². The predicted molar refractivity (Wildman–Crippen MR) is 90.7 cm³/mol. The van der Waals surface area contributed by atoms with Crippen LogP contribution in [0.25, 0.3) is 0 Å². The van der Waals surface area contributed by atoms with Gasteiger partial charge in [-0.25, -0.2) is 0 Å². The molecule has 0 aliphatic heterocycles. The molecule has 0 bridgehead atoms. The smallest absolute Gasteiger partial charge is 0.237 e. The summed E-state index contributed by atoms with van der Waals surface area (Å²) in [5, 5.41) is 2.95. The van der Waals surface area contributed by atoms with Crippen molar-refractivity contribution in [1.82, 2.24) is 5.32 Å². The minimum atomic E-state index is -0.507. The Bertz CT molecular complexity index is 593. The summed E-state index contributed by atoms with van der Waals surface area (Å²) in [5.74, 6) is 0.177. The lowest BCUT2D eigenvalue weighted by Gasteiger charge is -2.16. The summed E-state index contributed by atoms with van der Waals surface area (Å²) in [6.45, 7) is 4.77. The van der Waals surface area contributed by atoms with Crippen molar-refractivity contribution in [3.8, 4) is 0 Å². The van der Waals surface area contributed by atoms with Crippen LogP contribution in [0.1, 0.15) is 29.5 Å². The number of hydrogen-bond donors (Lipinski definition) is 2. The molecule has 116 valence electrons. The molecule has 3 heteroatoms. The molecule has 2 atom stereocenters. The number of nitrogens with two attached hydrogens (primary N) is 1. The van der Waals surface area contributed by atoms with Gasteiger partial charge in [0.15, 0.2) is 0 Å². The number of aryl methyl sites for hydroxylation is 1. The van der Waals surface area contributed by atoms with Crippen LogP contribution in [-0.4, -0.2) is 18.5 Å². The first-order valence-corrected chi connectivity index (χ1v) is 7.70. The first-order chi connectivity index (χ1) is 10.6. The molecule has 0 saturated heterocycles. The van der Waals surface area contributed by atoms with Crippen LogP contribution < -0.4 is 11.1 Å². The standard InChI is InChI=1S/C19H24N2O/c1-14-8-10-17(11-9-14)15(2)13-21-19(22)18(20)12-16-6-4-3-5-7-16/h3-11,15,18H,12-13,20H2,1-2H3,(H,21,22)/t15?,18-/m0/s1. The molecule has 2 rings (SSSR count). The predicted octanol–water partition coefficient (Wildman–Crippen LogP) is 2.78. The highest BCUT2D eigenvalue weighted by molar-refractivity contribution is 5.81. The maximum absolute atomic E-state index is 12.1. The number of benzene rings is 2. The van der Waals surface area contributed by atoms with E-state index in [4.69, 9.17) is 5.73 Å². The molecule has 0 aliphatic carbocycles. The van der Waals surface area contributed by atoms with E-state index in [0.717, 1.165) is 5.56 Å². The Balaban J connectivity index is 1.82. The number of carbonyl (C=O) groups excluding carboxylic acids is 1. The van der Waals surface area contributed by atoms with Crippen molar-refractivity contribution in [2.75, 3.05) is 6.54 Å². The van der Waals surface area contributed by atoms with Gasteiger partial charge in [-0.1, -0.05) is 67.1 Å². The third kappa shape index (κ3) is 4.71. The van der Waals surface area contributed by atoms with Gasteiger partial charge in [-0.2, -0.15) is 0 Å². The van der Waals surface area contributed by atoms with E-state index in [-0.39, 0.29) is 11.8 Å². The highest BCUT2D eigenvalue weighted by Gasteiger charge is 2.15. The van der Waals surface area contributed by atoms with Crippen LogP contribution in [0, 0.1) is 6.92 Å². The normalized spacial score (nSPS) is 13.4. The summed E-state index contributed by atoms with van der Waals surface area (Å²) in [6.07, 6.45) is 0.561. The zero-order chi connectivity index (χ0) is 15.9. The van der Waals surface area contributed by atoms with Gasteiger partial charge in [0.2, 0.25) is 5.91 Å². The molecule has 0 saturated carbocycles. The van der Waals surface area contributed by atoms with Crippen LogP contribution in [0.2, 0.25) is 0 Å². The Labute approximate surface area is 132 Å². The zero-order valence-corrected chi connectivity index (χ0v) is 13.3.